The van der Waals surface area contributed by atoms with Crippen LogP contribution in [-0.4, -0.2) is 52.5 Å². The Morgan fingerprint density at radius 1 is 1.22 bits per heavy atom. The normalized spacial score (nSPS) is 14.0. The lowest BCUT2D eigenvalue weighted by atomic mass is 10.1. The molecule has 1 aliphatic heterocycles. The summed E-state index contributed by atoms with van der Waals surface area (Å²) in [6, 6.07) is 6.91. The molecule has 142 valence electrons. The van der Waals surface area contributed by atoms with E-state index in [-0.39, 0.29) is 30.9 Å². The second-order valence-corrected chi connectivity index (χ2v) is 6.88. The van der Waals surface area contributed by atoms with Crippen molar-refractivity contribution in [3.05, 3.63) is 46.5 Å². The van der Waals surface area contributed by atoms with Gasteiger partial charge in [0.05, 0.1) is 30.0 Å². The minimum Gasteiger partial charge on any atom is -0.394 e. The smallest absolute Gasteiger partial charge is 0.261 e. The highest BCUT2D eigenvalue weighted by Gasteiger charge is 2.34. The van der Waals surface area contributed by atoms with Crippen molar-refractivity contribution in [3.8, 4) is 0 Å². The summed E-state index contributed by atoms with van der Waals surface area (Å²) in [5, 5.41) is 14.2. The molecule has 3 rings (SSSR count). The van der Waals surface area contributed by atoms with Crippen molar-refractivity contribution in [1.29, 1.82) is 0 Å². The number of aliphatic hydroxyl groups is 1. The van der Waals surface area contributed by atoms with Crippen LogP contribution in [0.15, 0.2) is 34.6 Å². The molecule has 0 saturated carbocycles. The first-order valence-electron chi connectivity index (χ1n) is 8.67. The third-order valence-corrected chi connectivity index (χ3v) is 4.92. The first kappa shape index (κ1) is 19.0. The zero-order valence-corrected chi connectivity index (χ0v) is 15.5. The number of hydrogen-bond donors (Lipinski definition) is 3. The van der Waals surface area contributed by atoms with Gasteiger partial charge in [0.25, 0.3) is 11.8 Å². The maximum absolute atomic E-state index is 12.3. The fourth-order valence-electron chi connectivity index (χ4n) is 2.82. The van der Waals surface area contributed by atoms with E-state index in [9.17, 15) is 9.59 Å². The van der Waals surface area contributed by atoms with Gasteiger partial charge in [-0.05, 0) is 31.4 Å². The summed E-state index contributed by atoms with van der Waals surface area (Å²) < 4.78 is 0. The Bertz CT molecular complexity index is 829. The number of anilines is 1. The first-order valence-corrected chi connectivity index (χ1v) is 9.55. The van der Waals surface area contributed by atoms with Crippen LogP contribution in [0, 0.1) is 0 Å². The summed E-state index contributed by atoms with van der Waals surface area (Å²) in [4.78, 5) is 34.3. The Labute approximate surface area is 160 Å². The fraction of sp³-hybridized carbons (Fsp3) is 0.333. The van der Waals surface area contributed by atoms with E-state index in [1.54, 1.807) is 24.3 Å². The molecule has 27 heavy (non-hydrogen) atoms. The van der Waals surface area contributed by atoms with Crippen molar-refractivity contribution in [2.24, 2.45) is 10.7 Å². The fourth-order valence-corrected chi connectivity index (χ4v) is 3.57. The number of amides is 2. The number of benzene rings is 1. The maximum Gasteiger partial charge on any atom is 0.261 e. The number of carbonyl (C=O) groups is 2. The Hall–Kier alpha value is -2.78. The third-order valence-electron chi connectivity index (χ3n) is 4.11. The molecule has 0 spiro atoms. The van der Waals surface area contributed by atoms with Crippen molar-refractivity contribution in [1.82, 2.24) is 9.88 Å². The average molecular weight is 387 g/mol. The van der Waals surface area contributed by atoms with Crippen molar-refractivity contribution in [2.45, 2.75) is 19.3 Å². The van der Waals surface area contributed by atoms with Gasteiger partial charge in [-0.3, -0.25) is 19.5 Å². The number of unbranched alkanes of at least 4 members (excludes halogenated alkanes) is 1. The predicted octanol–water partition coefficient (Wildman–Crippen LogP) is 1.48. The second-order valence-electron chi connectivity index (χ2n) is 6.02. The molecule has 0 saturated heterocycles. The molecule has 8 nitrogen and oxygen atoms in total. The summed E-state index contributed by atoms with van der Waals surface area (Å²) in [5.74, 6) is -0.211. The molecule has 0 radical (unpaired) electrons. The van der Waals surface area contributed by atoms with Crippen LogP contribution in [0.2, 0.25) is 0 Å². The molecule has 2 aromatic rings. The highest BCUT2D eigenvalue weighted by atomic mass is 32.1. The number of nitrogens with zero attached hydrogens (tertiary/aromatic N) is 3. The number of guanidine groups is 1. The molecule has 0 bridgehead atoms. The molecular formula is C18H21N5O3S. The van der Waals surface area contributed by atoms with E-state index in [0.29, 0.717) is 29.2 Å². The second kappa shape index (κ2) is 8.74. The van der Waals surface area contributed by atoms with E-state index in [1.165, 1.54) is 16.2 Å². The third kappa shape index (κ3) is 4.50. The molecular weight excluding hydrogens is 366 g/mol. The van der Waals surface area contributed by atoms with Gasteiger partial charge < -0.3 is 16.2 Å². The van der Waals surface area contributed by atoms with Crippen molar-refractivity contribution in [3.63, 3.8) is 0 Å². The molecule has 4 N–H and O–H groups in total. The SMILES string of the molecule is NC(=NCCO)Nc1nc(CCCCN2C(=O)c3ccccc3C2=O)cs1. The van der Waals surface area contributed by atoms with E-state index >= 15 is 0 Å². The zero-order valence-electron chi connectivity index (χ0n) is 14.7. The number of rotatable bonds is 8. The van der Waals surface area contributed by atoms with Gasteiger partial charge in [0.1, 0.15) is 0 Å². The van der Waals surface area contributed by atoms with Crippen LogP contribution in [0.5, 0.6) is 0 Å². The molecule has 0 atom stereocenters. The van der Waals surface area contributed by atoms with Gasteiger partial charge in [0.2, 0.25) is 0 Å². The van der Waals surface area contributed by atoms with Crippen LogP contribution in [0.1, 0.15) is 39.3 Å². The number of nitrogens with two attached hydrogens (primary N) is 1. The van der Waals surface area contributed by atoms with Gasteiger partial charge >= 0.3 is 0 Å². The zero-order chi connectivity index (χ0) is 19.2. The number of carbonyl (C=O) groups excluding carboxylic acids is 2. The highest BCUT2D eigenvalue weighted by molar-refractivity contribution is 7.13. The van der Waals surface area contributed by atoms with Crippen LogP contribution < -0.4 is 11.1 Å². The number of aryl methyl sites for hydroxylation is 1. The lowest BCUT2D eigenvalue weighted by Gasteiger charge is -2.13. The lowest BCUT2D eigenvalue weighted by Crippen LogP contribution is -2.30. The van der Waals surface area contributed by atoms with Gasteiger partial charge in [0.15, 0.2) is 11.1 Å². The minimum atomic E-state index is -0.214. The topological polar surface area (TPSA) is 121 Å². The molecule has 0 unspecified atom stereocenters. The number of aliphatic hydroxyl groups excluding tert-OH is 1. The molecule has 0 aliphatic carbocycles. The molecule has 9 heteroatoms. The maximum atomic E-state index is 12.3. The number of aromatic nitrogens is 1. The number of aliphatic imine (C=N–C) groups is 1. The highest BCUT2D eigenvalue weighted by Crippen LogP contribution is 2.23. The molecule has 1 aromatic carbocycles. The molecule has 1 aliphatic rings. The van der Waals surface area contributed by atoms with E-state index in [4.69, 9.17) is 10.8 Å². The first-order chi connectivity index (χ1) is 13.1. The van der Waals surface area contributed by atoms with Gasteiger partial charge in [-0.1, -0.05) is 12.1 Å². The number of imide groups is 1. The van der Waals surface area contributed by atoms with Crippen LogP contribution in [-0.2, 0) is 6.42 Å². The molecule has 1 aromatic heterocycles. The summed E-state index contributed by atoms with van der Waals surface area (Å²) in [6.45, 7) is 0.593. The van der Waals surface area contributed by atoms with Crippen molar-refractivity contribution >= 4 is 34.2 Å². The largest absolute Gasteiger partial charge is 0.394 e. The summed E-state index contributed by atoms with van der Waals surface area (Å²) in [6.07, 6.45) is 2.27. The number of nitrogens with one attached hydrogen (secondary N) is 1. The van der Waals surface area contributed by atoms with E-state index in [1.807, 2.05) is 5.38 Å². The monoisotopic (exact) mass is 387 g/mol. The molecule has 0 fully saturated rings. The summed E-state index contributed by atoms with van der Waals surface area (Å²) >= 11 is 1.42. The Balaban J connectivity index is 1.45. The number of fused-ring (bicyclic) bond motifs is 1. The van der Waals surface area contributed by atoms with E-state index in [2.05, 4.69) is 15.3 Å². The number of hydrogen-bond acceptors (Lipinski definition) is 6. The van der Waals surface area contributed by atoms with Gasteiger partial charge in [0, 0.05) is 11.9 Å². The van der Waals surface area contributed by atoms with Crippen LogP contribution in [0.4, 0.5) is 5.13 Å². The van der Waals surface area contributed by atoms with Gasteiger partial charge in [-0.25, -0.2) is 4.98 Å². The van der Waals surface area contributed by atoms with Crippen LogP contribution in [0.25, 0.3) is 0 Å². The Morgan fingerprint density at radius 2 is 1.93 bits per heavy atom. The standard InChI is InChI=1S/C18H21N5O3S/c19-17(20-8-10-24)22-18-21-12(11-27-18)5-3-4-9-23-15(25)13-6-1-2-7-14(13)16(23)26/h1-2,6-7,11,24H,3-5,8-10H2,(H3,19,20,21,22). The van der Waals surface area contributed by atoms with Crippen molar-refractivity contribution in [2.75, 3.05) is 25.0 Å². The van der Waals surface area contributed by atoms with E-state index < -0.39 is 0 Å². The van der Waals surface area contributed by atoms with Crippen LogP contribution in [0.3, 0.4) is 0 Å². The predicted molar refractivity (Wildman–Crippen MR) is 104 cm³/mol. The number of thiazole rings is 1. The minimum absolute atomic E-state index is 0.0569. The average Bonchev–Trinajstić information content (AvgIpc) is 3.21. The van der Waals surface area contributed by atoms with Gasteiger partial charge in [-0.15, -0.1) is 11.3 Å². The summed E-state index contributed by atoms with van der Waals surface area (Å²) in [5.41, 5.74) is 7.57. The molecule has 2 heterocycles. The Kier molecular flexibility index (Phi) is 6.15. The molecule has 2 amide bonds. The van der Waals surface area contributed by atoms with Crippen LogP contribution >= 0.6 is 11.3 Å². The quantitative estimate of drug-likeness (QED) is 0.273. The van der Waals surface area contributed by atoms with Gasteiger partial charge in [-0.2, -0.15) is 0 Å². The lowest BCUT2D eigenvalue weighted by molar-refractivity contribution is 0.0652. The van der Waals surface area contributed by atoms with E-state index in [0.717, 1.165) is 18.5 Å². The summed E-state index contributed by atoms with van der Waals surface area (Å²) in [7, 11) is 0. The van der Waals surface area contributed by atoms with Crippen molar-refractivity contribution < 1.29 is 14.7 Å². The Morgan fingerprint density at radius 3 is 2.59 bits per heavy atom.